The van der Waals surface area contributed by atoms with Gasteiger partial charge in [-0.3, -0.25) is 0 Å². The molecule has 0 radical (unpaired) electrons. The van der Waals surface area contributed by atoms with Crippen molar-refractivity contribution in [3.63, 3.8) is 0 Å². The van der Waals surface area contributed by atoms with Gasteiger partial charge >= 0.3 is 0 Å². The lowest BCUT2D eigenvalue weighted by atomic mass is 9.99. The second-order valence-corrected chi connectivity index (χ2v) is 7.78. The summed E-state index contributed by atoms with van der Waals surface area (Å²) in [6, 6.07) is 7.65. The molecule has 0 saturated carbocycles. The first kappa shape index (κ1) is 16.3. The number of sulfone groups is 1. The van der Waals surface area contributed by atoms with E-state index in [1.54, 1.807) is 0 Å². The number of hydrogen-bond acceptors (Lipinski definition) is 4. The summed E-state index contributed by atoms with van der Waals surface area (Å²) in [7, 11) is -3.01. The monoisotopic (exact) mass is 311 g/mol. The number of nitrogens with one attached hydrogen (secondary N) is 1. The van der Waals surface area contributed by atoms with Crippen LogP contribution in [0.1, 0.15) is 44.7 Å². The summed E-state index contributed by atoms with van der Waals surface area (Å²) in [4.78, 5) is 0. The first-order valence-corrected chi connectivity index (χ1v) is 9.47. The van der Waals surface area contributed by atoms with Gasteiger partial charge in [0.15, 0.2) is 9.84 Å². The number of benzene rings is 1. The standard InChI is InChI=1S/C16H25NO3S/c1-3-17-16(15-7-5-6-12-21(15,18)19)13-8-10-14(11-9-13)20-4-2/h8-11,15-17H,3-7,12H2,1-2H3. The number of rotatable bonds is 6. The van der Waals surface area contributed by atoms with Gasteiger partial charge in [0.25, 0.3) is 0 Å². The van der Waals surface area contributed by atoms with Gasteiger partial charge in [-0.1, -0.05) is 25.5 Å². The first-order chi connectivity index (χ1) is 10.1. The van der Waals surface area contributed by atoms with Crippen LogP contribution in [0.25, 0.3) is 0 Å². The van der Waals surface area contributed by atoms with E-state index in [2.05, 4.69) is 5.32 Å². The predicted molar refractivity (Wildman–Crippen MR) is 85.5 cm³/mol. The molecule has 0 aliphatic carbocycles. The van der Waals surface area contributed by atoms with E-state index in [1.165, 1.54) is 0 Å². The van der Waals surface area contributed by atoms with Gasteiger partial charge in [0.05, 0.1) is 17.6 Å². The molecule has 2 atom stereocenters. The molecular formula is C16H25NO3S. The molecule has 0 aromatic heterocycles. The summed E-state index contributed by atoms with van der Waals surface area (Å²) in [6.07, 6.45) is 2.52. The van der Waals surface area contributed by atoms with Crippen LogP contribution in [0, 0.1) is 0 Å². The molecule has 4 nitrogen and oxygen atoms in total. The van der Waals surface area contributed by atoms with Crippen LogP contribution in [-0.4, -0.2) is 32.6 Å². The second kappa shape index (κ2) is 7.27. The molecule has 2 unspecified atom stereocenters. The Hall–Kier alpha value is -1.07. The molecule has 1 fully saturated rings. The number of ether oxygens (including phenoxy) is 1. The van der Waals surface area contributed by atoms with Crippen LogP contribution < -0.4 is 10.1 Å². The lowest BCUT2D eigenvalue weighted by molar-refractivity contribution is 0.340. The normalized spacial score (nSPS) is 22.7. The Labute approximate surface area is 127 Å². The zero-order valence-electron chi connectivity index (χ0n) is 12.8. The van der Waals surface area contributed by atoms with Gasteiger partial charge in [0.1, 0.15) is 5.75 Å². The van der Waals surface area contributed by atoms with Crippen LogP contribution in [0.2, 0.25) is 0 Å². The topological polar surface area (TPSA) is 55.4 Å². The van der Waals surface area contributed by atoms with E-state index in [4.69, 9.17) is 4.74 Å². The first-order valence-electron chi connectivity index (χ1n) is 7.76. The van der Waals surface area contributed by atoms with Crippen molar-refractivity contribution in [2.45, 2.75) is 44.4 Å². The van der Waals surface area contributed by atoms with Crippen molar-refractivity contribution >= 4 is 9.84 Å². The third-order valence-electron chi connectivity index (χ3n) is 3.97. The zero-order valence-corrected chi connectivity index (χ0v) is 13.7. The maximum Gasteiger partial charge on any atom is 0.155 e. The van der Waals surface area contributed by atoms with Crippen LogP contribution in [0.4, 0.5) is 0 Å². The summed E-state index contributed by atoms with van der Waals surface area (Å²) < 4.78 is 30.2. The third kappa shape index (κ3) is 3.98. The van der Waals surface area contributed by atoms with Gasteiger partial charge in [-0.15, -0.1) is 0 Å². The van der Waals surface area contributed by atoms with E-state index < -0.39 is 9.84 Å². The minimum Gasteiger partial charge on any atom is -0.494 e. The Kier molecular flexibility index (Phi) is 5.65. The molecule has 1 saturated heterocycles. The van der Waals surface area contributed by atoms with Crippen LogP contribution in [-0.2, 0) is 9.84 Å². The lowest BCUT2D eigenvalue weighted by Gasteiger charge is -2.31. The Morgan fingerprint density at radius 1 is 1.24 bits per heavy atom. The fourth-order valence-corrected chi connectivity index (χ4v) is 5.08. The third-order valence-corrected chi connectivity index (χ3v) is 6.26. The van der Waals surface area contributed by atoms with Crippen LogP contribution in [0.3, 0.4) is 0 Å². The Morgan fingerprint density at radius 3 is 2.52 bits per heavy atom. The van der Waals surface area contributed by atoms with Gasteiger partial charge < -0.3 is 10.1 Å². The smallest absolute Gasteiger partial charge is 0.155 e. The van der Waals surface area contributed by atoms with Gasteiger partial charge in [0, 0.05) is 6.04 Å². The van der Waals surface area contributed by atoms with Crippen molar-refractivity contribution in [3.05, 3.63) is 29.8 Å². The SMILES string of the molecule is CCNC(c1ccc(OCC)cc1)C1CCCCS1(=O)=O. The summed E-state index contributed by atoms with van der Waals surface area (Å²) in [5.74, 6) is 1.14. The molecule has 0 amide bonds. The van der Waals surface area contributed by atoms with Gasteiger partial charge in [-0.25, -0.2) is 8.42 Å². The van der Waals surface area contributed by atoms with E-state index in [9.17, 15) is 8.42 Å². The van der Waals surface area contributed by atoms with E-state index in [-0.39, 0.29) is 11.3 Å². The highest BCUT2D eigenvalue weighted by Gasteiger charge is 2.35. The van der Waals surface area contributed by atoms with E-state index in [1.807, 2.05) is 38.1 Å². The Balaban J connectivity index is 2.25. The molecule has 1 N–H and O–H groups in total. The molecule has 0 spiro atoms. The van der Waals surface area contributed by atoms with Crippen molar-refractivity contribution < 1.29 is 13.2 Å². The zero-order chi connectivity index (χ0) is 15.3. The Morgan fingerprint density at radius 2 is 1.95 bits per heavy atom. The molecule has 21 heavy (non-hydrogen) atoms. The fourth-order valence-electron chi connectivity index (χ4n) is 2.98. The molecule has 1 aromatic rings. The highest BCUT2D eigenvalue weighted by Crippen LogP contribution is 2.31. The largest absolute Gasteiger partial charge is 0.494 e. The van der Waals surface area contributed by atoms with Crippen LogP contribution in [0.5, 0.6) is 5.75 Å². The van der Waals surface area contributed by atoms with Crippen LogP contribution >= 0.6 is 0 Å². The molecule has 1 aliphatic heterocycles. The molecular weight excluding hydrogens is 286 g/mol. The van der Waals surface area contributed by atoms with Crippen LogP contribution in [0.15, 0.2) is 24.3 Å². The van der Waals surface area contributed by atoms with Gasteiger partial charge in [-0.05, 0) is 44.0 Å². The molecule has 1 aliphatic rings. The quantitative estimate of drug-likeness (QED) is 0.877. The molecule has 1 heterocycles. The maximum atomic E-state index is 12.4. The minimum absolute atomic E-state index is 0.129. The summed E-state index contributed by atoms with van der Waals surface area (Å²) in [5, 5.41) is 3.04. The van der Waals surface area contributed by atoms with Gasteiger partial charge in [0.2, 0.25) is 0 Å². The molecule has 1 aromatic carbocycles. The van der Waals surface area contributed by atoms with Crippen molar-refractivity contribution in [1.82, 2.24) is 5.32 Å². The Bertz CT molecular complexity index is 539. The fraction of sp³-hybridized carbons (Fsp3) is 0.625. The maximum absolute atomic E-state index is 12.4. The van der Waals surface area contributed by atoms with E-state index in [0.717, 1.165) is 37.1 Å². The van der Waals surface area contributed by atoms with Gasteiger partial charge in [-0.2, -0.15) is 0 Å². The van der Waals surface area contributed by atoms with Crippen molar-refractivity contribution in [3.8, 4) is 5.75 Å². The van der Waals surface area contributed by atoms with E-state index >= 15 is 0 Å². The summed E-state index contributed by atoms with van der Waals surface area (Å²) in [6.45, 7) is 5.35. The summed E-state index contributed by atoms with van der Waals surface area (Å²) in [5.41, 5.74) is 1.02. The summed E-state index contributed by atoms with van der Waals surface area (Å²) >= 11 is 0. The second-order valence-electron chi connectivity index (χ2n) is 5.44. The number of hydrogen-bond donors (Lipinski definition) is 1. The molecule has 2 rings (SSSR count). The van der Waals surface area contributed by atoms with Crippen molar-refractivity contribution in [2.75, 3.05) is 18.9 Å². The average molecular weight is 311 g/mol. The highest BCUT2D eigenvalue weighted by molar-refractivity contribution is 7.92. The minimum atomic E-state index is -3.01. The molecule has 0 bridgehead atoms. The highest BCUT2D eigenvalue weighted by atomic mass is 32.2. The lowest BCUT2D eigenvalue weighted by Crippen LogP contribution is -2.40. The molecule has 118 valence electrons. The molecule has 5 heteroatoms. The van der Waals surface area contributed by atoms with Crippen molar-refractivity contribution in [2.24, 2.45) is 0 Å². The average Bonchev–Trinajstić information content (AvgIpc) is 2.46. The van der Waals surface area contributed by atoms with E-state index in [0.29, 0.717) is 12.4 Å². The predicted octanol–water partition coefficient (Wildman–Crippen LogP) is 2.70. The van der Waals surface area contributed by atoms with Crippen molar-refractivity contribution in [1.29, 1.82) is 0 Å².